The van der Waals surface area contributed by atoms with Crippen LogP contribution in [0.5, 0.6) is 0 Å². The number of nitrogens with one attached hydrogen (secondary N) is 3. The van der Waals surface area contributed by atoms with Gasteiger partial charge in [0.25, 0.3) is 5.91 Å². The van der Waals surface area contributed by atoms with Gasteiger partial charge in [0.2, 0.25) is 5.91 Å². The topological polar surface area (TPSA) is 211 Å². The summed E-state index contributed by atoms with van der Waals surface area (Å²) in [7, 11) is -8.92. The lowest BCUT2D eigenvalue weighted by atomic mass is 9.85. The van der Waals surface area contributed by atoms with E-state index in [1.165, 1.54) is 0 Å². The summed E-state index contributed by atoms with van der Waals surface area (Å²) in [6.45, 7) is 34.7. The van der Waals surface area contributed by atoms with Crippen molar-refractivity contribution in [3.63, 3.8) is 0 Å². The second-order valence-corrected chi connectivity index (χ2v) is 28.3. The molecule has 1 unspecified atom stereocenters. The van der Waals surface area contributed by atoms with Crippen LogP contribution < -0.4 is 16.0 Å². The van der Waals surface area contributed by atoms with E-state index in [1.54, 1.807) is 0 Å². The van der Waals surface area contributed by atoms with Crippen LogP contribution in [0.15, 0.2) is 120 Å². The van der Waals surface area contributed by atoms with Crippen molar-refractivity contribution >= 4 is 55.4 Å². The lowest BCUT2D eigenvalue weighted by molar-refractivity contribution is -0.121. The third kappa shape index (κ3) is 17.5. The molecule has 2 atom stereocenters. The zero-order valence-electron chi connectivity index (χ0n) is 51.1. The van der Waals surface area contributed by atoms with E-state index in [0.29, 0.717) is 145 Å². The van der Waals surface area contributed by atoms with Gasteiger partial charge in [-0.15, -0.1) is 0 Å². The van der Waals surface area contributed by atoms with Gasteiger partial charge >= 0.3 is 26.4 Å². The monoisotopic (exact) mass is 1180 g/mol. The minimum absolute atomic E-state index is 0.0818. The van der Waals surface area contributed by atoms with Crippen LogP contribution >= 0.6 is 0 Å². The highest BCUT2D eigenvalue weighted by molar-refractivity contribution is 6.61. The molecule has 0 aliphatic carbocycles. The lowest BCUT2D eigenvalue weighted by Crippen LogP contribution is -2.46. The third-order valence-corrected chi connectivity index (χ3v) is 24.2. The van der Waals surface area contributed by atoms with Crippen molar-refractivity contribution in [1.29, 1.82) is 0 Å². The van der Waals surface area contributed by atoms with Crippen LogP contribution in [0.2, 0.25) is 18.1 Å². The van der Waals surface area contributed by atoms with Crippen molar-refractivity contribution in [2.45, 2.75) is 160 Å². The van der Waals surface area contributed by atoms with E-state index in [4.69, 9.17) is 54.8 Å². The van der Waals surface area contributed by atoms with E-state index in [0.717, 1.165) is 50.8 Å². The highest BCUT2D eigenvalue weighted by atomic mass is 28.4. The quantitative estimate of drug-likeness (QED) is 0.0259. The van der Waals surface area contributed by atoms with Crippen LogP contribution in [0.1, 0.15) is 141 Å². The van der Waals surface area contributed by atoms with E-state index in [2.05, 4.69) is 43.3 Å². The molecule has 5 heterocycles. The SMILES string of the molecule is C=CC1=C(C)C2=NC1=CC1=NC(=CC3=CC(=C(O)CCCC[Si](OCC)(OCC)OCC)C(=N3)C(C(=O)NCCC[Si](OCC)(OCC)OCC)=C3NC(=C2)[C@@H](C)C3CCC(=O)NCCC[Si](OCC)(OCC)OCC)C(CC)=C1C. The molecule has 1 saturated heterocycles. The number of aliphatic hydroxyl groups is 1. The molecule has 8 bridgehead atoms. The number of nitrogens with zero attached hydrogens (tertiary/aromatic N) is 3. The van der Waals surface area contributed by atoms with Crippen LogP contribution in [0, 0.1) is 11.8 Å². The predicted octanol–water partition coefficient (Wildman–Crippen LogP) is 11.2. The fourth-order valence-electron chi connectivity index (χ4n) is 11.1. The smallest absolute Gasteiger partial charge is 0.500 e. The first-order valence-electron chi connectivity index (χ1n) is 30.0. The molecule has 5 aliphatic rings. The van der Waals surface area contributed by atoms with Crippen molar-refractivity contribution in [2.24, 2.45) is 26.8 Å². The molecule has 5 rings (SSSR count). The Morgan fingerprint density at radius 2 is 1.12 bits per heavy atom. The largest absolute Gasteiger partial charge is 0.512 e. The summed E-state index contributed by atoms with van der Waals surface area (Å²) in [5.41, 5.74) is 9.89. The van der Waals surface area contributed by atoms with Gasteiger partial charge in [-0.2, -0.15) is 0 Å². The molecule has 21 heteroatoms. The molecule has 0 saturated carbocycles. The Morgan fingerprint density at radius 1 is 0.630 bits per heavy atom. The average molecular weight is 1180 g/mol. The minimum Gasteiger partial charge on any atom is -0.512 e. The van der Waals surface area contributed by atoms with Crippen molar-refractivity contribution in [3.05, 3.63) is 105 Å². The Bertz CT molecular complexity index is 2530. The highest BCUT2D eigenvalue weighted by Gasteiger charge is 2.44. The van der Waals surface area contributed by atoms with Gasteiger partial charge in [-0.3, -0.25) is 9.59 Å². The van der Waals surface area contributed by atoms with E-state index in [9.17, 15) is 9.90 Å². The molecule has 0 radical (unpaired) electrons. The first-order chi connectivity index (χ1) is 39.0. The average Bonchev–Trinajstić information content (AvgIpc) is 4.29. The number of aliphatic hydroxyl groups excluding tert-OH is 1. The van der Waals surface area contributed by atoms with Crippen molar-refractivity contribution in [1.82, 2.24) is 16.0 Å². The summed E-state index contributed by atoms with van der Waals surface area (Å²) in [4.78, 5) is 45.3. The number of allylic oxidation sites excluding steroid dienone is 12. The maximum absolute atomic E-state index is 15.6. The molecule has 0 aromatic heterocycles. The fourth-order valence-corrected chi connectivity index (χ4v) is 19.0. The van der Waals surface area contributed by atoms with Crippen LogP contribution in [0.25, 0.3) is 0 Å². The lowest BCUT2D eigenvalue weighted by Gasteiger charge is -2.28. The maximum atomic E-state index is 15.6. The number of carbonyl (C=O) groups is 2. The maximum Gasteiger partial charge on any atom is 0.500 e. The summed E-state index contributed by atoms with van der Waals surface area (Å²) in [5.74, 6) is -1.05. The van der Waals surface area contributed by atoms with Crippen molar-refractivity contribution < 1.29 is 54.5 Å². The zero-order chi connectivity index (χ0) is 59.2. The molecular formula is C60H96N6O12Si3. The Kier molecular flexibility index (Phi) is 27.5. The van der Waals surface area contributed by atoms with Crippen LogP contribution in [0.3, 0.4) is 0 Å². The summed E-state index contributed by atoms with van der Waals surface area (Å²) >= 11 is 0. The normalized spacial score (nSPS) is 19.0. The van der Waals surface area contributed by atoms with Crippen molar-refractivity contribution in [3.8, 4) is 0 Å². The molecule has 81 heavy (non-hydrogen) atoms. The number of carbonyl (C=O) groups excluding carboxylic acids is 2. The predicted molar refractivity (Wildman–Crippen MR) is 328 cm³/mol. The number of hydrogen-bond donors (Lipinski definition) is 4. The summed E-state index contributed by atoms with van der Waals surface area (Å²) in [6, 6.07) is 1.63. The number of aliphatic imine (C=N–C) groups is 3. The number of amides is 2. The van der Waals surface area contributed by atoms with Gasteiger partial charge in [-0.1, -0.05) is 26.5 Å². The molecule has 0 aromatic rings. The van der Waals surface area contributed by atoms with Crippen LogP contribution in [-0.4, -0.2) is 133 Å². The van der Waals surface area contributed by atoms with Gasteiger partial charge in [0.15, 0.2) is 0 Å². The molecule has 2 amide bonds. The molecule has 450 valence electrons. The van der Waals surface area contributed by atoms with Crippen LogP contribution in [0.4, 0.5) is 0 Å². The summed E-state index contributed by atoms with van der Waals surface area (Å²) < 4.78 is 55.3. The second kappa shape index (κ2) is 33.1. The Morgan fingerprint density at radius 3 is 1.63 bits per heavy atom. The Hall–Kier alpha value is -4.50. The van der Waals surface area contributed by atoms with E-state index >= 15 is 4.79 Å². The number of unbranched alkanes of at least 4 members (excludes halogenated alkanes) is 1. The number of rotatable bonds is 37. The van der Waals surface area contributed by atoms with Gasteiger partial charge in [-0.05, 0) is 156 Å². The van der Waals surface area contributed by atoms with Crippen LogP contribution in [-0.2, 0) is 49.4 Å². The van der Waals surface area contributed by atoms with Gasteiger partial charge in [0, 0.05) is 138 Å². The van der Waals surface area contributed by atoms with E-state index < -0.39 is 32.3 Å². The Balaban J connectivity index is 1.67. The van der Waals surface area contributed by atoms with Crippen molar-refractivity contribution in [2.75, 3.05) is 72.6 Å². The molecule has 1 fully saturated rings. The molecule has 0 aromatic carbocycles. The zero-order valence-corrected chi connectivity index (χ0v) is 54.1. The second-order valence-electron chi connectivity index (χ2n) is 20.1. The molecule has 4 N–H and O–H groups in total. The first-order valence-corrected chi connectivity index (χ1v) is 35.8. The van der Waals surface area contributed by atoms with Gasteiger partial charge in [-0.25, -0.2) is 15.0 Å². The fraction of sp³-hybridized carbons (Fsp3) is 0.617. The van der Waals surface area contributed by atoms with Gasteiger partial charge < -0.3 is 60.9 Å². The highest BCUT2D eigenvalue weighted by Crippen LogP contribution is 2.42. The first kappa shape index (κ1) is 67.3. The van der Waals surface area contributed by atoms with Gasteiger partial charge in [0.05, 0.1) is 39.8 Å². The molecule has 5 aliphatic heterocycles. The number of fused-ring (bicyclic) bond motifs is 5. The third-order valence-electron chi connectivity index (χ3n) is 14.7. The number of hydrogen-bond acceptors (Lipinski definition) is 16. The summed E-state index contributed by atoms with van der Waals surface area (Å²) in [5, 5.41) is 22.6. The molecule has 18 nitrogen and oxygen atoms in total. The van der Waals surface area contributed by atoms with E-state index in [1.807, 2.05) is 99.6 Å². The van der Waals surface area contributed by atoms with E-state index in [-0.39, 0.29) is 48.5 Å². The van der Waals surface area contributed by atoms with Gasteiger partial charge in [0.1, 0.15) is 5.76 Å². The summed E-state index contributed by atoms with van der Waals surface area (Å²) in [6.07, 6.45) is 13.6. The Labute approximate surface area is 487 Å². The molecule has 0 spiro atoms. The minimum atomic E-state index is -3.05. The molecular weight excluding hydrogens is 1080 g/mol. The standard InChI is InChI=1S/C60H96N6O12Si3/c1-15-46-42(12)51-41-54-47(16-2)43(13)50(65-54)40-52-44(14)48(31-32-56(68)61-33-28-36-80(73-20-6,74-21-7)75-22-8)58(66-52)57(60(69)62-34-29-37-81(76-23-9,77-24-10)78-25-11)59-49(38-45(63-59)39-53(46)64-51)55(67)30-26-27-35-79(70-17-3,71-18-4)72-19-5/h16,38-41,44,48,66-67H,2,15,17-37H2,1,3-14H3,(H,61,68)(H,62,69)/t44-,48?/m0/s1.